The van der Waals surface area contributed by atoms with Gasteiger partial charge < -0.3 is 9.84 Å². The molecule has 0 aliphatic carbocycles. The van der Waals surface area contributed by atoms with Gasteiger partial charge in [-0.2, -0.15) is 0 Å². The second-order valence-electron chi connectivity index (χ2n) is 6.79. The number of thioether (sulfide) groups is 1. The zero-order chi connectivity index (χ0) is 20.5. The Bertz CT molecular complexity index is 1260. The summed E-state index contributed by atoms with van der Waals surface area (Å²) in [5, 5.41) is 10.7. The highest BCUT2D eigenvalue weighted by atomic mass is 32.2. The van der Waals surface area contributed by atoms with Crippen LogP contribution >= 0.6 is 11.8 Å². The number of benzene rings is 2. The number of nitrogens with zero attached hydrogens (tertiary/aromatic N) is 3. The standard InChI is InChI=1S/C21H16N4O4S/c26-20(15-11-14(28-23-15)10-13-6-2-1-3-7-13)22-16-12-30-18-9-5-4-8-17(18)25-19(16)24-29-21(25)27/h1-9,11,16H,10,12H2,(H,22,26)/t16-/m0/s1. The Kier molecular flexibility index (Phi) is 4.72. The monoisotopic (exact) mass is 420 g/mol. The van der Waals surface area contributed by atoms with Gasteiger partial charge >= 0.3 is 5.76 Å². The molecule has 1 aliphatic rings. The van der Waals surface area contributed by atoms with Crippen molar-refractivity contribution >= 4 is 17.7 Å². The molecule has 5 rings (SSSR count). The van der Waals surface area contributed by atoms with Crippen LogP contribution in [0.2, 0.25) is 0 Å². The van der Waals surface area contributed by atoms with Crippen molar-refractivity contribution in [1.82, 2.24) is 20.2 Å². The maximum atomic E-state index is 12.8. The van der Waals surface area contributed by atoms with Crippen molar-refractivity contribution in [1.29, 1.82) is 0 Å². The normalized spacial score (nSPS) is 15.1. The van der Waals surface area contributed by atoms with Crippen LogP contribution in [0.25, 0.3) is 5.69 Å². The van der Waals surface area contributed by atoms with Crippen LogP contribution < -0.4 is 11.1 Å². The summed E-state index contributed by atoms with van der Waals surface area (Å²) in [6.45, 7) is 0. The maximum Gasteiger partial charge on any atom is 0.446 e. The molecule has 150 valence electrons. The van der Waals surface area contributed by atoms with E-state index in [-0.39, 0.29) is 5.69 Å². The van der Waals surface area contributed by atoms with Gasteiger partial charge in [0.2, 0.25) is 0 Å². The highest BCUT2D eigenvalue weighted by molar-refractivity contribution is 7.99. The molecule has 2 aromatic heterocycles. The Morgan fingerprint density at radius 1 is 1.10 bits per heavy atom. The molecule has 1 amide bonds. The molecule has 0 saturated carbocycles. The summed E-state index contributed by atoms with van der Waals surface area (Å²) in [6, 6.07) is 18.3. The van der Waals surface area contributed by atoms with Gasteiger partial charge in [-0.25, -0.2) is 9.36 Å². The van der Waals surface area contributed by atoms with E-state index in [1.165, 1.54) is 16.3 Å². The molecule has 0 spiro atoms. The highest BCUT2D eigenvalue weighted by Gasteiger charge is 2.29. The molecule has 1 aliphatic heterocycles. The van der Waals surface area contributed by atoms with Crippen LogP contribution in [0.5, 0.6) is 0 Å². The second kappa shape index (κ2) is 7.68. The Balaban J connectivity index is 1.37. The predicted octanol–water partition coefficient (Wildman–Crippen LogP) is 2.98. The van der Waals surface area contributed by atoms with Crippen LogP contribution in [0.4, 0.5) is 0 Å². The Morgan fingerprint density at radius 2 is 1.90 bits per heavy atom. The molecule has 0 saturated heterocycles. The Morgan fingerprint density at radius 3 is 2.77 bits per heavy atom. The first-order valence-corrected chi connectivity index (χ1v) is 10.3. The summed E-state index contributed by atoms with van der Waals surface area (Å²) in [7, 11) is 0. The van der Waals surface area contributed by atoms with E-state index in [1.54, 1.807) is 6.07 Å². The van der Waals surface area contributed by atoms with Crippen LogP contribution in [0.15, 0.2) is 79.4 Å². The lowest BCUT2D eigenvalue weighted by molar-refractivity contribution is 0.0929. The van der Waals surface area contributed by atoms with Crippen LogP contribution in [0.1, 0.15) is 33.7 Å². The maximum absolute atomic E-state index is 12.8. The number of carbonyl (C=O) groups is 1. The Hall–Kier alpha value is -3.59. The fourth-order valence-corrected chi connectivity index (χ4v) is 4.41. The van der Waals surface area contributed by atoms with Crippen LogP contribution in [-0.4, -0.2) is 26.5 Å². The third kappa shape index (κ3) is 3.43. The quantitative estimate of drug-likeness (QED) is 0.541. The van der Waals surface area contributed by atoms with Crippen LogP contribution in [0.3, 0.4) is 0 Å². The molecule has 0 unspecified atom stereocenters. The summed E-state index contributed by atoms with van der Waals surface area (Å²) >= 11 is 1.53. The molecular weight excluding hydrogens is 404 g/mol. The van der Waals surface area contributed by atoms with Crippen molar-refractivity contribution in [3.63, 3.8) is 0 Å². The number of para-hydroxylation sites is 1. The van der Waals surface area contributed by atoms with E-state index in [1.807, 2.05) is 54.6 Å². The summed E-state index contributed by atoms with van der Waals surface area (Å²) in [4.78, 5) is 25.9. The largest absolute Gasteiger partial charge is 0.446 e. The molecule has 1 N–H and O–H groups in total. The van der Waals surface area contributed by atoms with Gasteiger partial charge in [0.1, 0.15) is 11.8 Å². The molecule has 8 nitrogen and oxygen atoms in total. The number of rotatable bonds is 4. The van der Waals surface area contributed by atoms with Gasteiger partial charge in [-0.15, -0.1) is 11.8 Å². The Labute approximate surface area is 174 Å². The molecule has 2 aromatic carbocycles. The average molecular weight is 420 g/mol. The van der Waals surface area contributed by atoms with E-state index in [2.05, 4.69) is 15.6 Å². The topological polar surface area (TPSA) is 103 Å². The van der Waals surface area contributed by atoms with E-state index in [0.717, 1.165) is 10.5 Å². The van der Waals surface area contributed by atoms with Crippen molar-refractivity contribution in [3.05, 3.63) is 94.1 Å². The smallest absolute Gasteiger partial charge is 0.360 e. The molecule has 4 aromatic rings. The minimum Gasteiger partial charge on any atom is -0.360 e. The third-order valence-electron chi connectivity index (χ3n) is 4.77. The molecule has 0 fully saturated rings. The van der Waals surface area contributed by atoms with E-state index in [4.69, 9.17) is 9.05 Å². The average Bonchev–Trinajstić information content (AvgIpc) is 3.35. The number of hydrogen-bond acceptors (Lipinski definition) is 7. The first-order chi connectivity index (χ1) is 14.7. The molecule has 0 bridgehead atoms. The van der Waals surface area contributed by atoms with E-state index in [0.29, 0.717) is 29.4 Å². The summed E-state index contributed by atoms with van der Waals surface area (Å²) < 4.78 is 11.6. The lowest BCUT2D eigenvalue weighted by Crippen LogP contribution is -2.32. The SMILES string of the molecule is O=C(N[C@H]1CSc2ccccc2-n2c1noc2=O)c1cc(Cc2ccccc2)on1. The number of nitrogens with one attached hydrogen (secondary N) is 1. The number of amides is 1. The zero-order valence-electron chi connectivity index (χ0n) is 15.6. The van der Waals surface area contributed by atoms with E-state index < -0.39 is 17.7 Å². The van der Waals surface area contributed by atoms with Crippen molar-refractivity contribution < 1.29 is 13.8 Å². The van der Waals surface area contributed by atoms with Crippen molar-refractivity contribution in [2.24, 2.45) is 0 Å². The minimum atomic E-state index is -0.592. The zero-order valence-corrected chi connectivity index (χ0v) is 16.5. The first kappa shape index (κ1) is 18.4. The van der Waals surface area contributed by atoms with Crippen LogP contribution in [0, 0.1) is 0 Å². The van der Waals surface area contributed by atoms with Crippen molar-refractivity contribution in [2.75, 3.05) is 5.75 Å². The van der Waals surface area contributed by atoms with Gasteiger partial charge in [0.15, 0.2) is 11.5 Å². The van der Waals surface area contributed by atoms with E-state index >= 15 is 0 Å². The summed E-state index contributed by atoms with van der Waals surface area (Å²) in [6.07, 6.45) is 0.540. The van der Waals surface area contributed by atoms with Crippen molar-refractivity contribution in [2.45, 2.75) is 17.4 Å². The molecule has 3 heterocycles. The number of hydrogen-bond donors (Lipinski definition) is 1. The second-order valence-corrected chi connectivity index (χ2v) is 7.85. The fourth-order valence-electron chi connectivity index (χ4n) is 3.35. The van der Waals surface area contributed by atoms with Crippen LogP contribution in [-0.2, 0) is 6.42 Å². The van der Waals surface area contributed by atoms with Gasteiger partial charge in [0, 0.05) is 23.1 Å². The molecule has 30 heavy (non-hydrogen) atoms. The molecule has 1 atom stereocenters. The fraction of sp³-hybridized carbons (Fsp3) is 0.143. The number of carbonyl (C=O) groups excluding carboxylic acids is 1. The van der Waals surface area contributed by atoms with E-state index in [9.17, 15) is 9.59 Å². The van der Waals surface area contributed by atoms with Gasteiger partial charge in [0.05, 0.1) is 5.69 Å². The summed E-state index contributed by atoms with van der Waals surface area (Å²) in [5.41, 5.74) is 1.92. The third-order valence-corrected chi connectivity index (χ3v) is 5.93. The highest BCUT2D eigenvalue weighted by Crippen LogP contribution is 2.33. The first-order valence-electron chi connectivity index (χ1n) is 9.30. The van der Waals surface area contributed by atoms with Crippen molar-refractivity contribution in [3.8, 4) is 5.69 Å². The number of aromatic nitrogens is 3. The molecule has 0 radical (unpaired) electrons. The molecule has 9 heteroatoms. The number of fused-ring (bicyclic) bond motifs is 3. The lowest BCUT2D eigenvalue weighted by Gasteiger charge is -2.13. The predicted molar refractivity (Wildman–Crippen MR) is 109 cm³/mol. The molecular formula is C21H16N4O4S. The van der Waals surface area contributed by atoms with Gasteiger partial charge in [-0.3, -0.25) is 9.32 Å². The van der Waals surface area contributed by atoms with Gasteiger partial charge in [-0.05, 0) is 17.7 Å². The lowest BCUT2D eigenvalue weighted by atomic mass is 10.1. The minimum absolute atomic E-state index is 0.171. The van der Waals surface area contributed by atoms with Gasteiger partial charge in [-0.1, -0.05) is 52.8 Å². The summed E-state index contributed by atoms with van der Waals surface area (Å²) in [5.74, 6) is 0.428. The van der Waals surface area contributed by atoms with Gasteiger partial charge in [0.25, 0.3) is 5.91 Å².